The molecule has 6 aromatic carbocycles. The lowest BCUT2D eigenvalue weighted by atomic mass is 9.88. The summed E-state index contributed by atoms with van der Waals surface area (Å²) in [6, 6.07) is 28.3. The molecule has 0 amide bonds. The number of allylic oxidation sites excluding steroid dienone is 5. The van der Waals surface area contributed by atoms with Gasteiger partial charge in [0, 0.05) is 34.5 Å². The number of carboxylic acid groups (broad SMARTS) is 2. The highest BCUT2D eigenvalue weighted by molar-refractivity contribution is 6.06. The van der Waals surface area contributed by atoms with Crippen LogP contribution >= 0.6 is 0 Å². The Hall–Kier alpha value is -7.13. The van der Waals surface area contributed by atoms with Gasteiger partial charge in [-0.05, 0) is 97.9 Å². The van der Waals surface area contributed by atoms with Gasteiger partial charge in [-0.1, -0.05) is 72.8 Å². The molecule has 7 rings (SSSR count). The third-order valence-electron chi connectivity index (χ3n) is 9.16. The number of rotatable bonds is 7. The minimum atomic E-state index is -1.35. The molecule has 0 heterocycles. The first-order valence-corrected chi connectivity index (χ1v) is 15.9. The molecule has 0 aliphatic heterocycles. The lowest BCUT2D eigenvalue weighted by Crippen LogP contribution is -2.04. The quantitative estimate of drug-likeness (QED) is 0.0825. The van der Waals surface area contributed by atoms with E-state index < -0.39 is 23.4 Å². The van der Waals surface area contributed by atoms with Crippen molar-refractivity contribution in [1.82, 2.24) is 0 Å². The SMILES string of the molecule is N=C1C=CC(=C(c2cccc(N)c2)c2ccc(-c3ccc4c(Cc5c(O)c(C(=O)O)cc6ccccc56)c(O)c(C(=O)O)cc4c3)c(N)c2)C=C1. The molecular weight excluding hydrogens is 642 g/mol. The highest BCUT2D eigenvalue weighted by Gasteiger charge is 2.23. The van der Waals surface area contributed by atoms with E-state index in [9.17, 15) is 30.0 Å². The van der Waals surface area contributed by atoms with Crippen LogP contribution < -0.4 is 11.5 Å². The Balaban J connectivity index is 1.36. The molecule has 0 radical (unpaired) electrons. The first-order valence-electron chi connectivity index (χ1n) is 15.9. The fourth-order valence-corrected chi connectivity index (χ4v) is 6.72. The molecule has 9 heteroatoms. The number of nitrogens with two attached hydrogens (primary N) is 2. The fourth-order valence-electron chi connectivity index (χ4n) is 6.72. The van der Waals surface area contributed by atoms with Crippen LogP contribution in [0.1, 0.15) is 43.0 Å². The Morgan fingerprint density at radius 1 is 0.627 bits per heavy atom. The zero-order valence-corrected chi connectivity index (χ0v) is 27.0. The number of fused-ring (bicyclic) bond motifs is 2. The highest BCUT2D eigenvalue weighted by atomic mass is 16.4. The second kappa shape index (κ2) is 12.7. The molecule has 51 heavy (non-hydrogen) atoms. The lowest BCUT2D eigenvalue weighted by Gasteiger charge is -2.18. The molecule has 1 aliphatic carbocycles. The summed E-state index contributed by atoms with van der Waals surface area (Å²) < 4.78 is 0. The number of phenols is 2. The van der Waals surface area contributed by atoms with Crippen LogP contribution in [0.15, 0.2) is 127 Å². The minimum absolute atomic E-state index is 0.142. The van der Waals surface area contributed by atoms with Gasteiger partial charge < -0.3 is 37.3 Å². The maximum absolute atomic E-state index is 12.3. The van der Waals surface area contributed by atoms with E-state index in [0.29, 0.717) is 49.8 Å². The molecule has 1 aliphatic rings. The molecular formula is C42H31N3O6. The van der Waals surface area contributed by atoms with Gasteiger partial charge >= 0.3 is 11.9 Å². The normalized spacial score (nSPS) is 12.5. The summed E-state index contributed by atoms with van der Waals surface area (Å²) in [5, 5.41) is 52.4. The van der Waals surface area contributed by atoms with E-state index in [1.165, 1.54) is 12.1 Å². The van der Waals surface area contributed by atoms with Crippen molar-refractivity contribution in [2.45, 2.75) is 6.42 Å². The van der Waals surface area contributed by atoms with Crippen LogP contribution in [-0.2, 0) is 6.42 Å². The van der Waals surface area contributed by atoms with E-state index in [4.69, 9.17) is 16.9 Å². The van der Waals surface area contributed by atoms with E-state index in [2.05, 4.69) is 0 Å². The molecule has 250 valence electrons. The van der Waals surface area contributed by atoms with Gasteiger partial charge in [0.05, 0.1) is 5.71 Å². The van der Waals surface area contributed by atoms with Crippen LogP contribution in [0.4, 0.5) is 11.4 Å². The van der Waals surface area contributed by atoms with Gasteiger partial charge in [0.15, 0.2) is 0 Å². The molecule has 6 aromatic rings. The van der Waals surface area contributed by atoms with Crippen LogP contribution in [0.25, 0.3) is 38.2 Å². The predicted octanol–water partition coefficient (Wildman–Crippen LogP) is 8.17. The third kappa shape index (κ3) is 5.93. The molecule has 0 bridgehead atoms. The zero-order valence-electron chi connectivity index (χ0n) is 27.0. The van der Waals surface area contributed by atoms with Crippen LogP contribution in [0.5, 0.6) is 11.5 Å². The fraction of sp³-hybridized carbons (Fsp3) is 0.0238. The van der Waals surface area contributed by atoms with E-state index >= 15 is 0 Å². The van der Waals surface area contributed by atoms with Crippen LogP contribution in [0.3, 0.4) is 0 Å². The summed E-state index contributed by atoms with van der Waals surface area (Å²) in [7, 11) is 0. The van der Waals surface area contributed by atoms with Gasteiger partial charge in [-0.15, -0.1) is 0 Å². The Kier molecular flexibility index (Phi) is 8.08. The molecule has 0 atom stereocenters. The first kappa shape index (κ1) is 32.4. The lowest BCUT2D eigenvalue weighted by molar-refractivity contribution is 0.0682. The topological polar surface area (TPSA) is 191 Å². The van der Waals surface area contributed by atoms with Gasteiger partial charge in [-0.2, -0.15) is 0 Å². The second-order valence-electron chi connectivity index (χ2n) is 12.3. The average Bonchev–Trinajstić information content (AvgIpc) is 3.10. The van der Waals surface area contributed by atoms with E-state index in [1.807, 2.05) is 60.7 Å². The number of anilines is 2. The number of hydrogen-bond donors (Lipinski definition) is 7. The van der Waals surface area contributed by atoms with Crippen molar-refractivity contribution >= 4 is 56.1 Å². The molecule has 0 spiro atoms. The van der Waals surface area contributed by atoms with Crippen molar-refractivity contribution in [3.8, 4) is 22.6 Å². The van der Waals surface area contributed by atoms with E-state index in [0.717, 1.165) is 22.3 Å². The Morgan fingerprint density at radius 3 is 1.90 bits per heavy atom. The molecule has 0 aromatic heterocycles. The smallest absolute Gasteiger partial charge is 0.339 e. The summed E-state index contributed by atoms with van der Waals surface area (Å²) in [5.74, 6) is -3.59. The maximum Gasteiger partial charge on any atom is 0.339 e. The Labute approximate surface area is 291 Å². The molecule has 0 saturated carbocycles. The van der Waals surface area contributed by atoms with Gasteiger partial charge in [0.25, 0.3) is 0 Å². The van der Waals surface area contributed by atoms with Gasteiger partial charge in [0.1, 0.15) is 22.6 Å². The number of carboxylic acids is 2. The third-order valence-corrected chi connectivity index (χ3v) is 9.16. The maximum atomic E-state index is 12.3. The second-order valence-corrected chi connectivity index (χ2v) is 12.3. The molecule has 0 unspecified atom stereocenters. The molecule has 9 nitrogen and oxygen atoms in total. The molecule has 9 N–H and O–H groups in total. The van der Waals surface area contributed by atoms with Crippen molar-refractivity contribution in [2.24, 2.45) is 0 Å². The van der Waals surface area contributed by atoms with Crippen molar-refractivity contribution in [3.05, 3.63) is 160 Å². The number of aromatic carboxylic acids is 2. The Morgan fingerprint density at radius 2 is 1.25 bits per heavy atom. The monoisotopic (exact) mass is 673 g/mol. The highest BCUT2D eigenvalue weighted by Crippen LogP contribution is 2.41. The first-order chi connectivity index (χ1) is 24.5. The standard InChI is InChI=1S/C42H31N3O6/c43-28-12-8-22(9-13-28)38(25-5-3-6-29(44)17-25)26-11-15-32(37(45)20-26)24-10-14-31-27(16-24)19-36(42(50)51)40(47)34(31)21-33-30-7-2-1-4-23(30)18-35(39(33)46)41(48)49/h1-20,43,46-47H,21,44-45H2,(H,48,49)(H,50,51). The van der Waals surface area contributed by atoms with Crippen molar-refractivity contribution < 1.29 is 30.0 Å². The van der Waals surface area contributed by atoms with Crippen LogP contribution in [0.2, 0.25) is 0 Å². The minimum Gasteiger partial charge on any atom is -0.507 e. The average molecular weight is 674 g/mol. The van der Waals surface area contributed by atoms with E-state index in [1.54, 1.807) is 48.6 Å². The van der Waals surface area contributed by atoms with Crippen molar-refractivity contribution in [2.75, 3.05) is 11.5 Å². The number of nitrogens with one attached hydrogen (secondary N) is 1. The predicted molar refractivity (Wildman–Crippen MR) is 201 cm³/mol. The summed E-state index contributed by atoms with van der Waals surface area (Å²) in [5.41, 5.74) is 19.0. The van der Waals surface area contributed by atoms with Crippen LogP contribution in [-0.4, -0.2) is 38.1 Å². The largest absolute Gasteiger partial charge is 0.507 e. The Bertz CT molecular complexity index is 2560. The van der Waals surface area contributed by atoms with Gasteiger partial charge in [-0.25, -0.2) is 9.59 Å². The van der Waals surface area contributed by atoms with E-state index in [-0.39, 0.29) is 28.7 Å². The molecule has 0 saturated heterocycles. The van der Waals surface area contributed by atoms with Crippen molar-refractivity contribution in [3.63, 3.8) is 0 Å². The number of benzene rings is 6. The summed E-state index contributed by atoms with van der Waals surface area (Å²) in [4.78, 5) is 24.4. The number of carbonyl (C=O) groups is 2. The zero-order chi connectivity index (χ0) is 36.0. The molecule has 0 fully saturated rings. The number of aromatic hydroxyl groups is 2. The van der Waals surface area contributed by atoms with Crippen LogP contribution in [0, 0.1) is 5.41 Å². The summed E-state index contributed by atoms with van der Waals surface area (Å²) in [6.45, 7) is 0. The number of nitrogen functional groups attached to an aromatic ring is 2. The van der Waals surface area contributed by atoms with Gasteiger partial charge in [0.2, 0.25) is 0 Å². The number of hydrogen-bond acceptors (Lipinski definition) is 7. The summed E-state index contributed by atoms with van der Waals surface area (Å²) >= 11 is 0. The van der Waals surface area contributed by atoms with Gasteiger partial charge in [-0.3, -0.25) is 0 Å². The summed E-state index contributed by atoms with van der Waals surface area (Å²) in [6.07, 6.45) is 7.05. The van der Waals surface area contributed by atoms with Crippen molar-refractivity contribution in [1.29, 1.82) is 5.41 Å².